The fourth-order valence-electron chi connectivity index (χ4n) is 2.56. The number of nitrogens with one attached hydrogen (secondary N) is 1. The average molecular weight is 351 g/mol. The first kappa shape index (κ1) is 15.4. The van der Waals surface area contributed by atoms with Gasteiger partial charge in [-0.05, 0) is 23.8 Å². The van der Waals surface area contributed by atoms with Crippen LogP contribution >= 0.6 is 11.6 Å². The zero-order valence-electron chi connectivity index (χ0n) is 13.2. The molecule has 0 spiro atoms. The zero-order valence-corrected chi connectivity index (χ0v) is 14.0. The lowest BCUT2D eigenvalue weighted by Gasteiger charge is -2.04. The van der Waals surface area contributed by atoms with E-state index in [1.165, 1.54) is 0 Å². The first-order valence-corrected chi connectivity index (χ1v) is 8.13. The summed E-state index contributed by atoms with van der Waals surface area (Å²) in [6.07, 6.45) is 1.83. The van der Waals surface area contributed by atoms with Crippen molar-refractivity contribution in [3.05, 3.63) is 71.4 Å². The predicted octanol–water partition coefficient (Wildman–Crippen LogP) is 3.85. The highest BCUT2D eigenvalue weighted by Gasteiger charge is 2.11. The van der Waals surface area contributed by atoms with Gasteiger partial charge < -0.3 is 11.1 Å². The van der Waals surface area contributed by atoms with E-state index in [0.29, 0.717) is 34.4 Å². The van der Waals surface area contributed by atoms with Crippen molar-refractivity contribution in [2.24, 2.45) is 0 Å². The lowest BCUT2D eigenvalue weighted by Crippen LogP contribution is -2.01. The number of hydrogen-bond donors (Lipinski definition) is 2. The summed E-state index contributed by atoms with van der Waals surface area (Å²) >= 11 is 6.22. The molecule has 0 saturated heterocycles. The maximum atomic E-state index is 6.22. The lowest BCUT2D eigenvalue weighted by atomic mass is 10.2. The molecule has 0 aliphatic rings. The number of halogens is 1. The summed E-state index contributed by atoms with van der Waals surface area (Å²) in [5.41, 5.74) is 8.48. The van der Waals surface area contributed by atoms with Crippen LogP contribution in [-0.4, -0.2) is 19.7 Å². The molecule has 2 aromatic carbocycles. The van der Waals surface area contributed by atoms with Crippen molar-refractivity contribution in [3.63, 3.8) is 0 Å². The van der Waals surface area contributed by atoms with Gasteiger partial charge in [0.1, 0.15) is 5.82 Å². The fourth-order valence-corrected chi connectivity index (χ4v) is 2.76. The normalized spacial score (nSPS) is 10.9. The van der Waals surface area contributed by atoms with Gasteiger partial charge in [-0.2, -0.15) is 15.1 Å². The van der Waals surface area contributed by atoms with Crippen LogP contribution in [0.2, 0.25) is 5.02 Å². The molecule has 0 atom stereocenters. The molecule has 0 saturated carbocycles. The standard InChI is InChI=1S/C18H15ClN6/c19-15-9-5-4-6-12(15)10-25-11-14-16(20)22-18(23-17(14)24-25)21-13-7-2-1-3-8-13/h1-9,11H,10H2,(H3,20,21,22,23,24). The molecule has 6 nitrogen and oxygen atoms in total. The van der Waals surface area contributed by atoms with Crippen LogP contribution in [0, 0.1) is 0 Å². The predicted molar refractivity (Wildman–Crippen MR) is 100 cm³/mol. The summed E-state index contributed by atoms with van der Waals surface area (Å²) < 4.78 is 1.77. The number of nitrogens with zero attached hydrogens (tertiary/aromatic N) is 4. The van der Waals surface area contributed by atoms with Crippen molar-refractivity contribution in [2.75, 3.05) is 11.1 Å². The first-order chi connectivity index (χ1) is 12.2. The van der Waals surface area contributed by atoms with Crippen molar-refractivity contribution in [3.8, 4) is 0 Å². The van der Waals surface area contributed by atoms with Crippen molar-refractivity contribution in [1.82, 2.24) is 19.7 Å². The lowest BCUT2D eigenvalue weighted by molar-refractivity contribution is 0.693. The molecule has 124 valence electrons. The van der Waals surface area contributed by atoms with E-state index in [1.807, 2.05) is 60.8 Å². The summed E-state index contributed by atoms with van der Waals surface area (Å²) in [5, 5.41) is 9.05. The number of rotatable bonds is 4. The number of hydrogen-bond acceptors (Lipinski definition) is 5. The molecule has 4 rings (SSSR count). The average Bonchev–Trinajstić information content (AvgIpc) is 3.01. The molecule has 0 bridgehead atoms. The minimum Gasteiger partial charge on any atom is -0.383 e. The minimum absolute atomic E-state index is 0.383. The number of aromatic nitrogens is 4. The van der Waals surface area contributed by atoms with Gasteiger partial charge in [0.25, 0.3) is 0 Å². The van der Waals surface area contributed by atoms with E-state index in [1.54, 1.807) is 4.68 Å². The molecule has 0 aliphatic heterocycles. The monoisotopic (exact) mass is 350 g/mol. The maximum absolute atomic E-state index is 6.22. The van der Waals surface area contributed by atoms with Crippen molar-refractivity contribution >= 4 is 40.1 Å². The Morgan fingerprint density at radius 1 is 1.00 bits per heavy atom. The number of para-hydroxylation sites is 1. The highest BCUT2D eigenvalue weighted by Crippen LogP contribution is 2.22. The highest BCUT2D eigenvalue weighted by atomic mass is 35.5. The number of benzene rings is 2. The van der Waals surface area contributed by atoms with E-state index >= 15 is 0 Å². The van der Waals surface area contributed by atoms with Crippen LogP contribution in [-0.2, 0) is 6.54 Å². The fraction of sp³-hybridized carbons (Fsp3) is 0.0556. The van der Waals surface area contributed by atoms with E-state index in [4.69, 9.17) is 17.3 Å². The second-order valence-corrected chi connectivity index (χ2v) is 5.99. The molecule has 0 radical (unpaired) electrons. The second-order valence-electron chi connectivity index (χ2n) is 5.58. The molecule has 25 heavy (non-hydrogen) atoms. The zero-order chi connectivity index (χ0) is 17.2. The van der Waals surface area contributed by atoms with E-state index in [2.05, 4.69) is 20.4 Å². The van der Waals surface area contributed by atoms with E-state index in [9.17, 15) is 0 Å². The summed E-state index contributed by atoms with van der Waals surface area (Å²) in [7, 11) is 0. The number of fused-ring (bicyclic) bond motifs is 1. The van der Waals surface area contributed by atoms with Gasteiger partial charge in [-0.25, -0.2) is 0 Å². The van der Waals surface area contributed by atoms with E-state index in [-0.39, 0.29) is 0 Å². The third-order valence-corrected chi connectivity index (χ3v) is 4.15. The van der Waals surface area contributed by atoms with Gasteiger partial charge in [-0.3, -0.25) is 4.68 Å². The number of anilines is 3. The highest BCUT2D eigenvalue weighted by molar-refractivity contribution is 6.31. The molecule has 2 heterocycles. The Morgan fingerprint density at radius 3 is 2.56 bits per heavy atom. The molecule has 0 fully saturated rings. The first-order valence-electron chi connectivity index (χ1n) is 7.75. The van der Waals surface area contributed by atoms with Gasteiger partial charge in [-0.15, -0.1) is 0 Å². The molecule has 0 unspecified atom stereocenters. The summed E-state index contributed by atoms with van der Waals surface area (Å²) in [6.45, 7) is 0.539. The molecule has 2 aromatic heterocycles. The number of nitrogens with two attached hydrogens (primary N) is 1. The van der Waals surface area contributed by atoms with E-state index in [0.717, 1.165) is 11.3 Å². The Balaban J connectivity index is 1.66. The second kappa shape index (κ2) is 6.41. The van der Waals surface area contributed by atoms with Crippen LogP contribution in [0.1, 0.15) is 5.56 Å². The van der Waals surface area contributed by atoms with Crippen molar-refractivity contribution in [2.45, 2.75) is 6.54 Å². The molecule has 0 amide bonds. The third kappa shape index (κ3) is 3.25. The third-order valence-electron chi connectivity index (χ3n) is 3.78. The van der Waals surface area contributed by atoms with Crippen LogP contribution < -0.4 is 11.1 Å². The van der Waals surface area contributed by atoms with Crippen LogP contribution in [0.4, 0.5) is 17.5 Å². The van der Waals surface area contributed by atoms with Crippen LogP contribution in [0.25, 0.3) is 11.0 Å². The molecule has 7 heteroatoms. The smallest absolute Gasteiger partial charge is 0.231 e. The van der Waals surface area contributed by atoms with Crippen molar-refractivity contribution in [1.29, 1.82) is 0 Å². The molecular formula is C18H15ClN6. The van der Waals surface area contributed by atoms with Crippen LogP contribution in [0.3, 0.4) is 0 Å². The summed E-state index contributed by atoms with van der Waals surface area (Å²) in [5.74, 6) is 0.799. The van der Waals surface area contributed by atoms with Gasteiger partial charge in [0.15, 0.2) is 5.65 Å². The minimum atomic E-state index is 0.383. The number of nitrogen functional groups attached to an aromatic ring is 1. The van der Waals surface area contributed by atoms with Gasteiger partial charge in [-0.1, -0.05) is 48.0 Å². The Bertz CT molecular complexity index is 1030. The molecular weight excluding hydrogens is 336 g/mol. The van der Waals surface area contributed by atoms with Crippen molar-refractivity contribution < 1.29 is 0 Å². The molecule has 0 aliphatic carbocycles. The summed E-state index contributed by atoms with van der Waals surface area (Å²) in [4.78, 5) is 8.76. The maximum Gasteiger partial charge on any atom is 0.231 e. The SMILES string of the molecule is Nc1nc(Nc2ccccc2)nc2nn(Cc3ccccc3Cl)cc12. The Labute approximate surface area is 149 Å². The van der Waals surface area contributed by atoms with E-state index < -0.39 is 0 Å². The molecule has 4 aromatic rings. The van der Waals surface area contributed by atoms with Gasteiger partial charge in [0, 0.05) is 16.9 Å². The Hall–Kier alpha value is -3.12. The van der Waals surface area contributed by atoms with Gasteiger partial charge in [0.05, 0.1) is 11.9 Å². The van der Waals surface area contributed by atoms with Gasteiger partial charge in [0.2, 0.25) is 5.95 Å². The quantitative estimate of drug-likeness (QED) is 0.584. The topological polar surface area (TPSA) is 81.7 Å². The largest absolute Gasteiger partial charge is 0.383 e. The Morgan fingerprint density at radius 2 is 1.76 bits per heavy atom. The molecule has 3 N–H and O–H groups in total. The van der Waals surface area contributed by atoms with Crippen LogP contribution in [0.15, 0.2) is 60.8 Å². The Kier molecular flexibility index (Phi) is 3.95. The van der Waals surface area contributed by atoms with Gasteiger partial charge >= 0.3 is 0 Å². The summed E-state index contributed by atoms with van der Waals surface area (Å²) in [6, 6.07) is 17.3. The van der Waals surface area contributed by atoms with Crippen LogP contribution in [0.5, 0.6) is 0 Å².